The molecule has 100 valence electrons. The Morgan fingerprint density at radius 2 is 2.17 bits per heavy atom. The van der Waals surface area contributed by atoms with Gasteiger partial charge in [0.15, 0.2) is 0 Å². The molecule has 0 aliphatic heterocycles. The fourth-order valence-corrected chi connectivity index (χ4v) is 1.53. The molecule has 0 bridgehead atoms. The van der Waals surface area contributed by atoms with Gasteiger partial charge in [-0.1, -0.05) is 19.1 Å². The van der Waals surface area contributed by atoms with E-state index in [1.165, 1.54) is 0 Å². The molecule has 0 aliphatic carbocycles. The number of nitrogens with one attached hydrogen (secondary N) is 2. The number of hydrogen-bond acceptors (Lipinski definition) is 3. The molecular formula is C14H22N2O2. The van der Waals surface area contributed by atoms with Crippen molar-refractivity contribution in [3.8, 4) is 0 Å². The predicted molar refractivity (Wildman–Crippen MR) is 73.7 cm³/mol. The molecule has 0 saturated carbocycles. The van der Waals surface area contributed by atoms with Crippen molar-refractivity contribution < 1.29 is 9.53 Å². The second-order valence-corrected chi connectivity index (χ2v) is 4.46. The highest BCUT2D eigenvalue weighted by Crippen LogP contribution is 2.11. The fourth-order valence-electron chi connectivity index (χ4n) is 1.53. The SMILES string of the molecule is CCCNCc1cccc(NC(=O)OC(C)C)c1. The minimum absolute atomic E-state index is 0.112. The zero-order chi connectivity index (χ0) is 13.4. The van der Waals surface area contributed by atoms with Crippen LogP contribution in [0, 0.1) is 0 Å². The highest BCUT2D eigenvalue weighted by molar-refractivity contribution is 5.84. The first kappa shape index (κ1) is 14.5. The monoisotopic (exact) mass is 250 g/mol. The number of ether oxygens (including phenoxy) is 1. The number of rotatable bonds is 6. The lowest BCUT2D eigenvalue weighted by Gasteiger charge is -2.10. The lowest BCUT2D eigenvalue weighted by molar-refractivity contribution is 0.130. The summed E-state index contributed by atoms with van der Waals surface area (Å²) in [5, 5.41) is 6.04. The van der Waals surface area contributed by atoms with E-state index in [1.807, 2.05) is 38.1 Å². The minimum atomic E-state index is -0.413. The zero-order valence-electron chi connectivity index (χ0n) is 11.3. The quantitative estimate of drug-likeness (QED) is 0.763. The van der Waals surface area contributed by atoms with Gasteiger partial charge in [0.1, 0.15) is 0 Å². The van der Waals surface area contributed by atoms with Gasteiger partial charge < -0.3 is 10.1 Å². The van der Waals surface area contributed by atoms with Crippen molar-refractivity contribution in [2.45, 2.75) is 39.8 Å². The van der Waals surface area contributed by atoms with E-state index in [0.29, 0.717) is 0 Å². The third kappa shape index (κ3) is 5.68. The van der Waals surface area contributed by atoms with Crippen molar-refractivity contribution >= 4 is 11.8 Å². The largest absolute Gasteiger partial charge is 0.447 e. The van der Waals surface area contributed by atoms with Gasteiger partial charge >= 0.3 is 6.09 Å². The number of carbonyl (C=O) groups excluding carboxylic acids is 1. The van der Waals surface area contributed by atoms with E-state index in [9.17, 15) is 4.79 Å². The van der Waals surface area contributed by atoms with Crippen LogP contribution in [0.2, 0.25) is 0 Å². The van der Waals surface area contributed by atoms with Crippen LogP contribution in [-0.4, -0.2) is 18.7 Å². The Hall–Kier alpha value is -1.55. The maximum atomic E-state index is 11.4. The second kappa shape index (κ2) is 7.71. The van der Waals surface area contributed by atoms with Crippen molar-refractivity contribution in [3.05, 3.63) is 29.8 Å². The van der Waals surface area contributed by atoms with Gasteiger partial charge in [-0.2, -0.15) is 0 Å². The number of benzene rings is 1. The molecule has 0 atom stereocenters. The van der Waals surface area contributed by atoms with Crippen molar-refractivity contribution in [2.24, 2.45) is 0 Å². The van der Waals surface area contributed by atoms with Crippen LogP contribution in [0.1, 0.15) is 32.8 Å². The molecule has 1 aromatic rings. The zero-order valence-corrected chi connectivity index (χ0v) is 11.3. The summed E-state index contributed by atoms with van der Waals surface area (Å²) in [5.74, 6) is 0. The lowest BCUT2D eigenvalue weighted by Crippen LogP contribution is -2.18. The molecular weight excluding hydrogens is 228 g/mol. The standard InChI is InChI=1S/C14H22N2O2/c1-4-8-15-10-12-6-5-7-13(9-12)16-14(17)18-11(2)3/h5-7,9,11,15H,4,8,10H2,1-3H3,(H,16,17). The molecule has 1 amide bonds. The Kier molecular flexibility index (Phi) is 6.22. The summed E-state index contributed by atoms with van der Waals surface area (Å²) in [4.78, 5) is 11.4. The number of carbonyl (C=O) groups is 1. The van der Waals surface area contributed by atoms with Crippen molar-refractivity contribution in [1.29, 1.82) is 0 Å². The van der Waals surface area contributed by atoms with Crippen LogP contribution in [0.3, 0.4) is 0 Å². The predicted octanol–water partition coefficient (Wildman–Crippen LogP) is 3.14. The van der Waals surface area contributed by atoms with Gasteiger partial charge in [0.25, 0.3) is 0 Å². The molecule has 1 rings (SSSR count). The summed E-state index contributed by atoms with van der Waals surface area (Å²) >= 11 is 0. The summed E-state index contributed by atoms with van der Waals surface area (Å²) in [6, 6.07) is 7.75. The van der Waals surface area contributed by atoms with Crippen molar-refractivity contribution in [2.75, 3.05) is 11.9 Å². The normalized spacial score (nSPS) is 10.4. The highest BCUT2D eigenvalue weighted by atomic mass is 16.6. The summed E-state index contributed by atoms with van der Waals surface area (Å²) in [5.41, 5.74) is 1.90. The van der Waals surface area contributed by atoms with Gasteiger partial charge in [0, 0.05) is 12.2 Å². The third-order valence-electron chi connectivity index (χ3n) is 2.27. The summed E-state index contributed by atoms with van der Waals surface area (Å²) in [6.45, 7) is 7.58. The lowest BCUT2D eigenvalue weighted by atomic mass is 10.2. The van der Waals surface area contributed by atoms with Crippen molar-refractivity contribution in [1.82, 2.24) is 5.32 Å². The average Bonchev–Trinajstić information content (AvgIpc) is 2.28. The Morgan fingerprint density at radius 1 is 1.39 bits per heavy atom. The van der Waals surface area contributed by atoms with Crippen LogP contribution in [-0.2, 0) is 11.3 Å². The van der Waals surface area contributed by atoms with Crippen LogP contribution in [0.4, 0.5) is 10.5 Å². The van der Waals surface area contributed by atoms with E-state index in [2.05, 4.69) is 17.6 Å². The van der Waals surface area contributed by atoms with Gasteiger partial charge in [-0.25, -0.2) is 4.79 Å². The smallest absolute Gasteiger partial charge is 0.411 e. The van der Waals surface area contributed by atoms with Gasteiger partial charge in [0.2, 0.25) is 0 Å². The van der Waals surface area contributed by atoms with Crippen LogP contribution >= 0.6 is 0 Å². The molecule has 0 saturated heterocycles. The maximum absolute atomic E-state index is 11.4. The fraction of sp³-hybridized carbons (Fsp3) is 0.500. The number of hydrogen-bond donors (Lipinski definition) is 2. The van der Waals surface area contributed by atoms with Gasteiger partial charge in [0.05, 0.1) is 6.10 Å². The first-order chi connectivity index (χ1) is 8.61. The summed E-state index contributed by atoms with van der Waals surface area (Å²) < 4.78 is 5.03. The van der Waals surface area contributed by atoms with E-state index >= 15 is 0 Å². The molecule has 0 spiro atoms. The molecule has 0 aromatic heterocycles. The molecule has 4 nitrogen and oxygen atoms in total. The molecule has 18 heavy (non-hydrogen) atoms. The van der Waals surface area contributed by atoms with Gasteiger partial charge in [-0.05, 0) is 44.5 Å². The third-order valence-corrected chi connectivity index (χ3v) is 2.27. The minimum Gasteiger partial charge on any atom is -0.447 e. The molecule has 1 aromatic carbocycles. The Balaban J connectivity index is 2.51. The molecule has 0 heterocycles. The van der Waals surface area contributed by atoms with E-state index in [0.717, 1.165) is 30.8 Å². The van der Waals surface area contributed by atoms with Crippen LogP contribution < -0.4 is 10.6 Å². The van der Waals surface area contributed by atoms with Crippen molar-refractivity contribution in [3.63, 3.8) is 0 Å². The molecule has 0 unspecified atom stereocenters. The van der Waals surface area contributed by atoms with Gasteiger partial charge in [-0.3, -0.25) is 5.32 Å². The molecule has 0 fully saturated rings. The van der Waals surface area contributed by atoms with E-state index in [-0.39, 0.29) is 6.10 Å². The van der Waals surface area contributed by atoms with E-state index in [4.69, 9.17) is 4.74 Å². The van der Waals surface area contributed by atoms with Crippen LogP contribution in [0.25, 0.3) is 0 Å². The molecule has 0 radical (unpaired) electrons. The molecule has 2 N–H and O–H groups in total. The van der Waals surface area contributed by atoms with E-state index in [1.54, 1.807) is 0 Å². The van der Waals surface area contributed by atoms with E-state index < -0.39 is 6.09 Å². The van der Waals surface area contributed by atoms with Gasteiger partial charge in [-0.15, -0.1) is 0 Å². The first-order valence-electron chi connectivity index (χ1n) is 6.39. The first-order valence-corrected chi connectivity index (χ1v) is 6.39. The topological polar surface area (TPSA) is 50.4 Å². The number of anilines is 1. The van der Waals surface area contributed by atoms with Crippen LogP contribution in [0.5, 0.6) is 0 Å². The molecule has 4 heteroatoms. The Morgan fingerprint density at radius 3 is 2.83 bits per heavy atom. The highest BCUT2D eigenvalue weighted by Gasteiger charge is 2.05. The maximum Gasteiger partial charge on any atom is 0.411 e. The average molecular weight is 250 g/mol. The Labute approximate surface area is 109 Å². The van der Waals surface area contributed by atoms with Crippen LogP contribution in [0.15, 0.2) is 24.3 Å². The second-order valence-electron chi connectivity index (χ2n) is 4.46. The molecule has 0 aliphatic rings. The summed E-state index contributed by atoms with van der Waals surface area (Å²) in [6.07, 6.45) is 0.585. The number of amides is 1. The Bertz CT molecular complexity index is 378. The summed E-state index contributed by atoms with van der Waals surface area (Å²) in [7, 11) is 0.